The summed E-state index contributed by atoms with van der Waals surface area (Å²) in [7, 11) is 0. The molecular weight excluding hydrogens is 581 g/mol. The number of benzene rings is 1. The number of aromatic amines is 1. The second kappa shape index (κ2) is 11.0. The highest BCUT2D eigenvalue weighted by Crippen LogP contribution is 2.58. The molecular formula is C29H34ClF3N2O5S. The molecule has 12 heteroatoms. The summed E-state index contributed by atoms with van der Waals surface area (Å²) < 4.78 is 58.1. The third-order valence-corrected chi connectivity index (χ3v) is 9.72. The molecule has 3 aliphatic rings. The zero-order valence-electron chi connectivity index (χ0n) is 23.4. The number of carbonyl (C=O) groups excluding carboxylic acids is 1. The number of aryl methyl sites for hydroxylation is 1. The first-order valence-corrected chi connectivity index (χ1v) is 15.3. The smallest absolute Gasteiger partial charge is 0.396 e. The summed E-state index contributed by atoms with van der Waals surface area (Å²) in [6, 6.07) is 3.40. The molecule has 2 aromatic rings. The summed E-state index contributed by atoms with van der Waals surface area (Å²) in [6.45, 7) is 5.15. The summed E-state index contributed by atoms with van der Waals surface area (Å²) in [5, 5.41) is 3.06. The molecule has 2 N–H and O–H groups in total. The molecule has 2 heterocycles. The third-order valence-electron chi connectivity index (χ3n) is 8.63. The van der Waals surface area contributed by atoms with Crippen LogP contribution in [0.5, 0.6) is 11.5 Å². The Morgan fingerprint density at radius 3 is 2.44 bits per heavy atom. The van der Waals surface area contributed by atoms with Crippen LogP contribution in [0.1, 0.15) is 72.6 Å². The number of alkyl halides is 3. The number of hydrogen-bond acceptors (Lipinski definition) is 6. The molecule has 2 saturated carbocycles. The number of pyridine rings is 1. The van der Waals surface area contributed by atoms with Crippen molar-refractivity contribution in [1.29, 1.82) is 0 Å². The lowest BCUT2D eigenvalue weighted by atomic mass is 9.82. The molecule has 7 nitrogen and oxygen atoms in total. The first-order chi connectivity index (χ1) is 19.3. The van der Waals surface area contributed by atoms with Gasteiger partial charge in [-0.2, -0.15) is 13.2 Å². The van der Waals surface area contributed by atoms with Crippen LogP contribution in [-0.2, 0) is 11.3 Å². The van der Waals surface area contributed by atoms with Crippen LogP contribution in [0.15, 0.2) is 21.8 Å². The van der Waals surface area contributed by atoms with Gasteiger partial charge in [0.05, 0.1) is 23.1 Å². The number of H-pyrrole nitrogens is 1. The molecule has 1 atom stereocenters. The molecule has 5 rings (SSSR count). The maximum absolute atomic E-state index is 13.3. The highest BCUT2D eigenvalue weighted by atomic mass is 35.5. The largest absolute Gasteiger partial charge is 0.448 e. The molecule has 41 heavy (non-hydrogen) atoms. The Kier molecular flexibility index (Phi) is 8.10. The lowest BCUT2D eigenvalue weighted by molar-refractivity contribution is -0.208. The number of fused-ring (bicyclic) bond motifs is 1. The monoisotopic (exact) mass is 614 g/mol. The van der Waals surface area contributed by atoms with Gasteiger partial charge in [-0.3, -0.25) is 9.59 Å². The van der Waals surface area contributed by atoms with Gasteiger partial charge in [0.1, 0.15) is 0 Å². The minimum absolute atomic E-state index is 0.0433. The van der Waals surface area contributed by atoms with Crippen molar-refractivity contribution in [3.8, 4) is 11.5 Å². The van der Waals surface area contributed by atoms with Gasteiger partial charge in [-0.1, -0.05) is 11.6 Å². The lowest BCUT2D eigenvalue weighted by Crippen LogP contribution is -2.45. The average molecular weight is 615 g/mol. The predicted molar refractivity (Wildman–Crippen MR) is 150 cm³/mol. The Hall–Kier alpha value is -2.37. The Bertz CT molecular complexity index is 1400. The molecule has 1 aromatic heterocycles. The maximum Gasteiger partial charge on any atom is 0.396 e. The quantitative estimate of drug-likeness (QED) is 0.322. The number of ether oxygens (including phenoxy) is 3. The van der Waals surface area contributed by atoms with Gasteiger partial charge in [-0.15, -0.1) is 11.8 Å². The Balaban J connectivity index is 1.23. The molecule has 1 aromatic carbocycles. The summed E-state index contributed by atoms with van der Waals surface area (Å²) >= 11 is 7.99. The highest BCUT2D eigenvalue weighted by Gasteiger charge is 2.63. The van der Waals surface area contributed by atoms with Crippen LogP contribution in [0.25, 0.3) is 0 Å². The molecule has 0 saturated heterocycles. The van der Waals surface area contributed by atoms with Crippen LogP contribution in [0.2, 0.25) is 5.02 Å². The Morgan fingerprint density at radius 1 is 1.17 bits per heavy atom. The topological polar surface area (TPSA) is 89.7 Å². The number of hydrogen-bond donors (Lipinski definition) is 2. The van der Waals surface area contributed by atoms with Gasteiger partial charge in [0, 0.05) is 46.7 Å². The van der Waals surface area contributed by atoms with Gasteiger partial charge in [0.15, 0.2) is 11.5 Å². The maximum atomic E-state index is 13.3. The molecule has 0 radical (unpaired) electrons. The van der Waals surface area contributed by atoms with E-state index < -0.39 is 23.3 Å². The summed E-state index contributed by atoms with van der Waals surface area (Å²) in [6.07, 6.45) is 0.197. The summed E-state index contributed by atoms with van der Waals surface area (Å²) in [5.74, 6) is -0.729. The van der Waals surface area contributed by atoms with Gasteiger partial charge in [-0.05, 0) is 70.8 Å². The van der Waals surface area contributed by atoms with Crippen LogP contribution in [-0.4, -0.2) is 41.8 Å². The van der Waals surface area contributed by atoms with Crippen LogP contribution in [0, 0.1) is 25.2 Å². The van der Waals surface area contributed by atoms with E-state index in [0.29, 0.717) is 53.9 Å². The van der Waals surface area contributed by atoms with Crippen LogP contribution >= 0.6 is 23.4 Å². The second-order valence-corrected chi connectivity index (χ2v) is 12.7. The van der Waals surface area contributed by atoms with Gasteiger partial charge in [-0.25, -0.2) is 0 Å². The molecule has 0 bridgehead atoms. The number of nitrogens with one attached hydrogen (secondary N) is 2. The zero-order chi connectivity index (χ0) is 29.7. The van der Waals surface area contributed by atoms with E-state index in [1.165, 1.54) is 17.8 Å². The molecule has 224 valence electrons. The standard InChI is InChI=1S/C29H34ClF3N2O5S/c1-15-11-22(41-4)20(26(37)35-15)13-34-25(36)19-12-21(30)24-23(16(19)2)39-27(3,40-24)17-5-7-18(8-6-17)38-14-28(9-10-28)29(31,32)33/h11-12,17-18H,5-10,13-14H2,1-4H3,(H,34,36)(H,35,37). The van der Waals surface area contributed by atoms with Gasteiger partial charge < -0.3 is 24.5 Å². The van der Waals surface area contributed by atoms with E-state index in [2.05, 4.69) is 10.3 Å². The number of halogens is 4. The first kappa shape index (κ1) is 30.1. The number of aromatic nitrogens is 1. The van der Waals surface area contributed by atoms with Crippen molar-refractivity contribution >= 4 is 29.3 Å². The van der Waals surface area contributed by atoms with Gasteiger partial charge >= 0.3 is 6.18 Å². The minimum Gasteiger partial charge on any atom is -0.448 e. The van der Waals surface area contributed by atoms with E-state index in [9.17, 15) is 22.8 Å². The van der Waals surface area contributed by atoms with E-state index >= 15 is 0 Å². The van der Waals surface area contributed by atoms with E-state index in [-0.39, 0.29) is 48.6 Å². The summed E-state index contributed by atoms with van der Waals surface area (Å²) in [5.41, 5.74) is 0.168. The molecule has 2 fully saturated rings. The SMILES string of the molecule is CSc1cc(C)[nH]c(=O)c1CNC(=O)c1cc(Cl)c2c(c1C)OC(C)(C1CCC(OCC3(C(F)(F)F)CC3)CC1)O2. The van der Waals surface area contributed by atoms with E-state index in [1.54, 1.807) is 13.8 Å². The van der Waals surface area contributed by atoms with E-state index in [0.717, 1.165) is 10.6 Å². The number of amides is 1. The molecule has 1 unspecified atom stereocenters. The van der Waals surface area contributed by atoms with Crippen LogP contribution < -0.4 is 20.3 Å². The van der Waals surface area contributed by atoms with Crippen molar-refractivity contribution in [2.75, 3.05) is 12.9 Å². The van der Waals surface area contributed by atoms with Gasteiger partial charge in [0.25, 0.3) is 17.3 Å². The van der Waals surface area contributed by atoms with E-state index in [1.807, 2.05) is 19.2 Å². The fourth-order valence-electron chi connectivity index (χ4n) is 5.74. The number of thioether (sulfide) groups is 1. The normalized spacial score (nSPS) is 24.8. The minimum atomic E-state index is -4.22. The van der Waals surface area contributed by atoms with Crippen LogP contribution in [0.4, 0.5) is 13.2 Å². The summed E-state index contributed by atoms with van der Waals surface area (Å²) in [4.78, 5) is 29.2. The predicted octanol–water partition coefficient (Wildman–Crippen LogP) is 6.70. The van der Waals surface area contributed by atoms with Crippen molar-refractivity contribution < 1.29 is 32.2 Å². The lowest BCUT2D eigenvalue weighted by Gasteiger charge is -2.37. The van der Waals surface area contributed by atoms with Crippen molar-refractivity contribution in [1.82, 2.24) is 10.3 Å². The van der Waals surface area contributed by atoms with Crippen LogP contribution in [0.3, 0.4) is 0 Å². The van der Waals surface area contributed by atoms with Crippen molar-refractivity contribution in [3.05, 3.63) is 49.9 Å². The average Bonchev–Trinajstić information content (AvgIpc) is 3.64. The number of rotatable bonds is 8. The fourth-order valence-corrected chi connectivity index (χ4v) is 6.68. The molecule has 1 aliphatic heterocycles. The van der Waals surface area contributed by atoms with Gasteiger partial charge in [0.2, 0.25) is 0 Å². The highest BCUT2D eigenvalue weighted by molar-refractivity contribution is 7.98. The zero-order valence-corrected chi connectivity index (χ0v) is 25.0. The van der Waals surface area contributed by atoms with Crippen molar-refractivity contribution in [3.63, 3.8) is 0 Å². The molecule has 2 aliphatic carbocycles. The molecule has 0 spiro atoms. The third kappa shape index (κ3) is 5.82. The number of carbonyl (C=O) groups is 1. The molecule has 1 amide bonds. The van der Waals surface area contributed by atoms with Crippen molar-refractivity contribution in [2.45, 2.75) is 88.8 Å². The fraction of sp³-hybridized carbons (Fsp3) is 0.586. The van der Waals surface area contributed by atoms with E-state index in [4.69, 9.17) is 25.8 Å². The first-order valence-electron chi connectivity index (χ1n) is 13.7. The Labute approximate surface area is 245 Å². The Morgan fingerprint density at radius 2 is 1.83 bits per heavy atom. The second-order valence-electron chi connectivity index (χ2n) is 11.5. The van der Waals surface area contributed by atoms with Crippen molar-refractivity contribution in [2.24, 2.45) is 11.3 Å².